The molecule has 0 fully saturated rings. The molecular weight excluding hydrogens is 440 g/mol. The van der Waals surface area contributed by atoms with Crippen LogP contribution in [-0.4, -0.2) is 18.8 Å². The molecule has 0 amide bonds. The Kier molecular flexibility index (Phi) is 5.01. The van der Waals surface area contributed by atoms with Crippen LogP contribution >= 0.6 is 0 Å². The molecule has 36 heavy (non-hydrogen) atoms. The second-order valence-corrected chi connectivity index (χ2v) is 12.1. The minimum absolute atomic E-state index is 0.0201. The standard InChI is InChI=1S/C32H34N4/c1-31(2,3)27-17-21-11-7-9-13-25(21)29-33-23(19-35(27)29)15-16-24-20-36-28(32(4,5)6)18-22-12-8-10-14-26(22)30(36)34-24/h7-14,17-20H,15-16H2,1-6H3. The Morgan fingerprint density at radius 3 is 1.36 bits per heavy atom. The summed E-state index contributed by atoms with van der Waals surface area (Å²) in [6, 6.07) is 21.8. The number of pyridine rings is 2. The first kappa shape index (κ1) is 22.8. The topological polar surface area (TPSA) is 34.6 Å². The van der Waals surface area contributed by atoms with Gasteiger partial charge in [0.05, 0.1) is 11.4 Å². The second-order valence-electron chi connectivity index (χ2n) is 12.1. The average Bonchev–Trinajstić information content (AvgIpc) is 3.45. The molecule has 4 nitrogen and oxygen atoms in total. The molecule has 0 bridgehead atoms. The fraction of sp³-hybridized carbons (Fsp3) is 0.312. The Morgan fingerprint density at radius 1 is 0.583 bits per heavy atom. The predicted molar refractivity (Wildman–Crippen MR) is 150 cm³/mol. The van der Waals surface area contributed by atoms with Gasteiger partial charge in [0.25, 0.3) is 0 Å². The number of fused-ring (bicyclic) bond motifs is 6. The first-order valence-corrected chi connectivity index (χ1v) is 12.9. The molecule has 6 aromatic rings. The zero-order chi connectivity index (χ0) is 25.2. The third-order valence-electron chi connectivity index (χ3n) is 7.19. The largest absolute Gasteiger partial charge is 0.303 e. The van der Waals surface area contributed by atoms with Gasteiger partial charge in [-0.2, -0.15) is 0 Å². The Bertz CT molecular complexity index is 1620. The highest BCUT2D eigenvalue weighted by Crippen LogP contribution is 2.31. The van der Waals surface area contributed by atoms with E-state index in [2.05, 4.69) is 123 Å². The minimum atomic E-state index is 0.0201. The van der Waals surface area contributed by atoms with Crippen LogP contribution in [-0.2, 0) is 23.7 Å². The normalized spacial score (nSPS) is 12.9. The van der Waals surface area contributed by atoms with Gasteiger partial charge in [0, 0.05) is 45.4 Å². The van der Waals surface area contributed by atoms with Crippen molar-refractivity contribution in [3.8, 4) is 0 Å². The van der Waals surface area contributed by atoms with Gasteiger partial charge >= 0.3 is 0 Å². The van der Waals surface area contributed by atoms with Crippen LogP contribution in [0.1, 0.15) is 64.3 Å². The summed E-state index contributed by atoms with van der Waals surface area (Å²) in [6.07, 6.45) is 6.17. The molecule has 0 saturated carbocycles. The van der Waals surface area contributed by atoms with Crippen molar-refractivity contribution in [2.75, 3.05) is 0 Å². The number of aromatic nitrogens is 4. The van der Waals surface area contributed by atoms with Crippen molar-refractivity contribution >= 4 is 32.8 Å². The summed E-state index contributed by atoms with van der Waals surface area (Å²) in [5.74, 6) is 0. The van der Waals surface area contributed by atoms with E-state index in [1.54, 1.807) is 0 Å². The summed E-state index contributed by atoms with van der Waals surface area (Å²) in [7, 11) is 0. The summed E-state index contributed by atoms with van der Waals surface area (Å²) in [5, 5.41) is 4.89. The van der Waals surface area contributed by atoms with E-state index < -0.39 is 0 Å². The summed E-state index contributed by atoms with van der Waals surface area (Å²) in [4.78, 5) is 10.2. The second kappa shape index (κ2) is 7.92. The molecule has 4 heteroatoms. The van der Waals surface area contributed by atoms with E-state index in [1.807, 2.05) is 0 Å². The molecule has 6 rings (SSSR count). The van der Waals surface area contributed by atoms with E-state index in [0.29, 0.717) is 0 Å². The van der Waals surface area contributed by atoms with Gasteiger partial charge in [-0.25, -0.2) is 9.97 Å². The summed E-state index contributed by atoms with van der Waals surface area (Å²) in [5.41, 5.74) is 6.91. The predicted octanol–water partition coefficient (Wildman–Crippen LogP) is 7.67. The van der Waals surface area contributed by atoms with Gasteiger partial charge in [-0.05, 0) is 35.7 Å². The number of imidazole rings is 2. The van der Waals surface area contributed by atoms with Gasteiger partial charge in [-0.15, -0.1) is 0 Å². The van der Waals surface area contributed by atoms with Crippen molar-refractivity contribution in [1.29, 1.82) is 0 Å². The Labute approximate surface area is 212 Å². The molecule has 2 aromatic carbocycles. The molecule has 0 saturated heterocycles. The van der Waals surface area contributed by atoms with E-state index in [4.69, 9.17) is 9.97 Å². The lowest BCUT2D eigenvalue weighted by Crippen LogP contribution is -2.16. The average molecular weight is 475 g/mol. The monoisotopic (exact) mass is 474 g/mol. The molecule has 0 radical (unpaired) electrons. The van der Waals surface area contributed by atoms with Crippen molar-refractivity contribution in [2.24, 2.45) is 0 Å². The highest BCUT2D eigenvalue weighted by molar-refractivity contribution is 5.95. The van der Waals surface area contributed by atoms with Crippen molar-refractivity contribution in [3.05, 3.63) is 95.8 Å². The van der Waals surface area contributed by atoms with Gasteiger partial charge in [0.15, 0.2) is 0 Å². The summed E-state index contributed by atoms with van der Waals surface area (Å²) < 4.78 is 4.60. The Hall–Kier alpha value is -3.66. The smallest absolute Gasteiger partial charge is 0.145 e. The molecular formula is C32H34N4. The maximum Gasteiger partial charge on any atom is 0.145 e. The molecule has 182 valence electrons. The van der Waals surface area contributed by atoms with Crippen LogP contribution < -0.4 is 0 Å². The van der Waals surface area contributed by atoms with E-state index in [9.17, 15) is 0 Å². The van der Waals surface area contributed by atoms with Crippen LogP contribution in [0, 0.1) is 0 Å². The van der Waals surface area contributed by atoms with Crippen LogP contribution in [0.25, 0.3) is 32.8 Å². The van der Waals surface area contributed by atoms with Crippen molar-refractivity contribution in [1.82, 2.24) is 18.8 Å². The zero-order valence-corrected chi connectivity index (χ0v) is 22.1. The van der Waals surface area contributed by atoms with Crippen molar-refractivity contribution in [3.63, 3.8) is 0 Å². The van der Waals surface area contributed by atoms with Gasteiger partial charge in [-0.3, -0.25) is 0 Å². The maximum atomic E-state index is 5.12. The van der Waals surface area contributed by atoms with Gasteiger partial charge in [0.2, 0.25) is 0 Å². The van der Waals surface area contributed by atoms with E-state index in [0.717, 1.165) is 35.5 Å². The van der Waals surface area contributed by atoms with Gasteiger partial charge in [-0.1, -0.05) is 90.1 Å². The first-order chi connectivity index (χ1) is 17.1. The molecule has 0 unspecified atom stereocenters. The number of nitrogens with zero attached hydrogens (tertiary/aromatic N) is 4. The lowest BCUT2D eigenvalue weighted by Gasteiger charge is -2.21. The SMILES string of the molecule is CC(C)(C)c1cc2ccccc2c2nc(CCc3cn4c(C(C)(C)C)cc5ccccc5c4n3)cn12. The van der Waals surface area contributed by atoms with E-state index in [1.165, 1.54) is 32.9 Å². The quantitative estimate of drug-likeness (QED) is 0.264. The fourth-order valence-corrected chi connectivity index (χ4v) is 5.34. The van der Waals surface area contributed by atoms with E-state index in [-0.39, 0.29) is 10.8 Å². The summed E-state index contributed by atoms with van der Waals surface area (Å²) in [6.45, 7) is 13.6. The third kappa shape index (κ3) is 3.76. The van der Waals surface area contributed by atoms with Gasteiger partial charge < -0.3 is 8.80 Å². The zero-order valence-electron chi connectivity index (χ0n) is 22.1. The minimum Gasteiger partial charge on any atom is -0.303 e. The van der Waals surface area contributed by atoms with Crippen LogP contribution in [0.5, 0.6) is 0 Å². The Morgan fingerprint density at radius 2 is 0.972 bits per heavy atom. The van der Waals surface area contributed by atoms with E-state index >= 15 is 0 Å². The number of hydrogen-bond acceptors (Lipinski definition) is 2. The molecule has 0 atom stereocenters. The highest BCUT2D eigenvalue weighted by atomic mass is 15.0. The first-order valence-electron chi connectivity index (χ1n) is 12.9. The number of aryl methyl sites for hydroxylation is 2. The van der Waals surface area contributed by atoms with Crippen molar-refractivity contribution < 1.29 is 0 Å². The lowest BCUT2D eigenvalue weighted by molar-refractivity contribution is 0.561. The van der Waals surface area contributed by atoms with Crippen LogP contribution in [0.15, 0.2) is 73.1 Å². The molecule has 0 aliphatic rings. The summed E-state index contributed by atoms with van der Waals surface area (Å²) >= 11 is 0. The lowest BCUT2D eigenvalue weighted by atomic mass is 9.90. The van der Waals surface area contributed by atoms with Crippen molar-refractivity contribution in [2.45, 2.75) is 65.2 Å². The molecule has 0 aliphatic carbocycles. The fourth-order valence-electron chi connectivity index (χ4n) is 5.34. The molecule has 4 aromatic heterocycles. The number of hydrogen-bond donors (Lipinski definition) is 0. The molecule has 0 aliphatic heterocycles. The molecule has 0 spiro atoms. The van der Waals surface area contributed by atoms with Crippen LogP contribution in [0.2, 0.25) is 0 Å². The number of benzene rings is 2. The number of rotatable bonds is 3. The van der Waals surface area contributed by atoms with Crippen LogP contribution in [0.3, 0.4) is 0 Å². The maximum absolute atomic E-state index is 5.12. The Balaban J connectivity index is 1.42. The molecule has 0 N–H and O–H groups in total. The molecule has 4 heterocycles. The van der Waals surface area contributed by atoms with Gasteiger partial charge in [0.1, 0.15) is 11.3 Å². The van der Waals surface area contributed by atoms with Crippen LogP contribution in [0.4, 0.5) is 0 Å². The highest BCUT2D eigenvalue weighted by Gasteiger charge is 2.22. The third-order valence-corrected chi connectivity index (χ3v) is 7.19.